The third-order valence-corrected chi connectivity index (χ3v) is 13.9. The highest BCUT2D eigenvalue weighted by Crippen LogP contribution is 2.55. The minimum absolute atomic E-state index is 0.103. The molecule has 0 saturated carbocycles. The highest BCUT2D eigenvalue weighted by Gasteiger charge is 2.37. The van der Waals surface area contributed by atoms with Crippen molar-refractivity contribution >= 4 is 55.1 Å². The summed E-state index contributed by atoms with van der Waals surface area (Å²) in [5, 5.41) is 7.72. The fourth-order valence-electron chi connectivity index (χ4n) is 11.1. The Hall–Kier alpha value is -6.64. The van der Waals surface area contributed by atoms with Gasteiger partial charge in [-0.15, -0.1) is 0 Å². The van der Waals surface area contributed by atoms with E-state index in [0.29, 0.717) is 0 Å². The van der Waals surface area contributed by atoms with Crippen LogP contribution in [0.1, 0.15) is 48.9 Å². The lowest BCUT2D eigenvalue weighted by molar-refractivity contribution is 0.660. The third-order valence-electron chi connectivity index (χ3n) is 13.9. The zero-order chi connectivity index (χ0) is 39.2. The molecular weight excluding hydrogens is 713 g/mol. The second kappa shape index (κ2) is 13.2. The van der Waals surface area contributed by atoms with Gasteiger partial charge in [0, 0.05) is 41.3 Å². The lowest BCUT2D eigenvalue weighted by atomic mass is 9.80. The van der Waals surface area contributed by atoms with Crippen LogP contribution in [0.25, 0.3) is 65.7 Å². The lowest BCUT2D eigenvalue weighted by Crippen LogP contribution is -2.24. The number of rotatable bonds is 4. The van der Waals surface area contributed by atoms with E-state index < -0.39 is 0 Å². The number of fused-ring (bicyclic) bond motifs is 8. The molecule has 0 N–H and O–H groups in total. The number of hydrogen-bond acceptors (Lipinski definition) is 2. The molecule has 0 aromatic heterocycles. The van der Waals surface area contributed by atoms with Crippen LogP contribution in [0.3, 0.4) is 0 Å². The summed E-state index contributed by atoms with van der Waals surface area (Å²) >= 11 is 0. The smallest absolute Gasteiger partial charge is 0.0443 e. The molecule has 0 fully saturated rings. The van der Waals surface area contributed by atoms with Crippen LogP contribution in [0.15, 0.2) is 170 Å². The largest absolute Gasteiger partial charge is 0.341 e. The zero-order valence-electron chi connectivity index (χ0n) is 33.8. The standard InChI is InChI=1S/C57H46N2/c1-57(2)50-25-8-7-22-46(50)56-47(24-12-26-51(56)57)55-45-32-30-40(58-33-13-19-38-16-4-9-27-52(38)58)35-48(45)54(43-23-11-18-37-15-3-6-21-42(37)43)44-31-29-41(36-49(44)55)59-34-14-20-39-17-5-10-28-53(39)59/h3-12,15-18,21-32,35-36H,13-14,19-20,33-34H2,1-2H3. The van der Waals surface area contributed by atoms with Crippen molar-refractivity contribution in [3.63, 3.8) is 0 Å². The van der Waals surface area contributed by atoms with Gasteiger partial charge in [-0.1, -0.05) is 147 Å². The van der Waals surface area contributed by atoms with E-state index in [1.54, 1.807) is 0 Å². The van der Waals surface area contributed by atoms with Crippen LogP contribution < -0.4 is 9.80 Å². The van der Waals surface area contributed by atoms with Gasteiger partial charge < -0.3 is 9.80 Å². The molecule has 0 unspecified atom stereocenters. The van der Waals surface area contributed by atoms with Crippen LogP contribution in [0, 0.1) is 0 Å². The molecule has 0 spiro atoms. The second-order valence-corrected chi connectivity index (χ2v) is 17.4. The molecule has 2 heterocycles. The van der Waals surface area contributed by atoms with Crippen LogP contribution in [-0.2, 0) is 18.3 Å². The SMILES string of the molecule is CC1(C)c2ccccc2-c2c(-c3c4cc(N5CCCc6ccccc65)ccc4c(-c4cccc5ccccc45)c4cc(N5CCCc6ccccc65)ccc34)cccc21. The predicted octanol–water partition coefficient (Wildman–Crippen LogP) is 15.0. The number of hydrogen-bond donors (Lipinski definition) is 0. The minimum atomic E-state index is -0.103. The maximum Gasteiger partial charge on any atom is 0.0443 e. The van der Waals surface area contributed by atoms with Crippen molar-refractivity contribution in [1.82, 2.24) is 0 Å². The summed E-state index contributed by atoms with van der Waals surface area (Å²) in [5.74, 6) is 0. The van der Waals surface area contributed by atoms with Gasteiger partial charge in [0.05, 0.1) is 0 Å². The van der Waals surface area contributed by atoms with E-state index in [1.165, 1.54) is 111 Å². The van der Waals surface area contributed by atoms with Gasteiger partial charge in [-0.2, -0.15) is 0 Å². The highest BCUT2D eigenvalue weighted by molar-refractivity contribution is 6.25. The zero-order valence-corrected chi connectivity index (χ0v) is 33.8. The molecule has 2 aliphatic heterocycles. The first kappa shape index (κ1) is 34.4. The van der Waals surface area contributed by atoms with Gasteiger partial charge in [0.25, 0.3) is 0 Å². The fourth-order valence-corrected chi connectivity index (χ4v) is 11.1. The van der Waals surface area contributed by atoms with Crippen molar-refractivity contribution in [2.75, 3.05) is 22.9 Å². The monoisotopic (exact) mass is 758 g/mol. The Bertz CT molecular complexity index is 3160. The molecule has 3 aliphatic rings. The third kappa shape index (κ3) is 5.18. The second-order valence-electron chi connectivity index (χ2n) is 17.4. The van der Waals surface area contributed by atoms with Crippen molar-refractivity contribution in [3.8, 4) is 33.4 Å². The van der Waals surface area contributed by atoms with Gasteiger partial charge in [0.1, 0.15) is 0 Å². The fraction of sp³-hybridized carbons (Fsp3) is 0.158. The lowest BCUT2D eigenvalue weighted by Gasteiger charge is -2.33. The van der Waals surface area contributed by atoms with Crippen molar-refractivity contribution in [2.45, 2.75) is 44.9 Å². The van der Waals surface area contributed by atoms with E-state index in [4.69, 9.17) is 0 Å². The minimum Gasteiger partial charge on any atom is -0.341 e. The summed E-state index contributed by atoms with van der Waals surface area (Å²) in [6, 6.07) is 64.7. The Labute approximate surface area is 347 Å². The predicted molar refractivity (Wildman–Crippen MR) is 251 cm³/mol. The molecule has 284 valence electrons. The average molecular weight is 759 g/mol. The van der Waals surface area contributed by atoms with Crippen molar-refractivity contribution in [1.29, 1.82) is 0 Å². The Morgan fingerprint density at radius 3 is 1.59 bits per heavy atom. The Morgan fingerprint density at radius 2 is 0.898 bits per heavy atom. The van der Waals surface area contributed by atoms with E-state index in [9.17, 15) is 0 Å². The highest BCUT2D eigenvalue weighted by atomic mass is 15.1. The van der Waals surface area contributed by atoms with E-state index in [0.717, 1.165) is 38.8 Å². The summed E-state index contributed by atoms with van der Waals surface area (Å²) in [6.45, 7) is 6.81. The van der Waals surface area contributed by atoms with E-state index in [-0.39, 0.29) is 5.41 Å². The molecule has 9 aromatic carbocycles. The van der Waals surface area contributed by atoms with Gasteiger partial charge in [-0.3, -0.25) is 0 Å². The molecule has 2 heteroatoms. The molecule has 0 bridgehead atoms. The molecule has 2 nitrogen and oxygen atoms in total. The van der Waals surface area contributed by atoms with Gasteiger partial charge >= 0.3 is 0 Å². The van der Waals surface area contributed by atoms with Crippen molar-refractivity contribution < 1.29 is 0 Å². The molecular formula is C57H46N2. The number of benzene rings is 9. The first-order valence-corrected chi connectivity index (χ1v) is 21.5. The number of anilines is 4. The topological polar surface area (TPSA) is 6.48 Å². The average Bonchev–Trinajstić information content (AvgIpc) is 3.53. The van der Waals surface area contributed by atoms with E-state index >= 15 is 0 Å². The first-order valence-electron chi connectivity index (χ1n) is 21.5. The molecule has 1 aliphatic carbocycles. The Morgan fingerprint density at radius 1 is 0.390 bits per heavy atom. The Kier molecular flexibility index (Phi) is 7.69. The van der Waals surface area contributed by atoms with Crippen molar-refractivity contribution in [2.24, 2.45) is 0 Å². The number of para-hydroxylation sites is 2. The van der Waals surface area contributed by atoms with E-state index in [1.807, 2.05) is 0 Å². The van der Waals surface area contributed by atoms with E-state index in [2.05, 4.69) is 194 Å². The van der Waals surface area contributed by atoms with Crippen LogP contribution >= 0.6 is 0 Å². The van der Waals surface area contributed by atoms with Crippen LogP contribution in [0.2, 0.25) is 0 Å². The molecule has 12 rings (SSSR count). The summed E-state index contributed by atoms with van der Waals surface area (Å²) in [6.07, 6.45) is 4.52. The van der Waals surface area contributed by atoms with Gasteiger partial charge in [-0.25, -0.2) is 0 Å². The first-order chi connectivity index (χ1) is 29.0. The van der Waals surface area contributed by atoms with Crippen LogP contribution in [0.5, 0.6) is 0 Å². The maximum atomic E-state index is 2.56. The molecule has 0 amide bonds. The van der Waals surface area contributed by atoms with Crippen LogP contribution in [0.4, 0.5) is 22.7 Å². The van der Waals surface area contributed by atoms with Crippen molar-refractivity contribution in [3.05, 3.63) is 192 Å². The quantitative estimate of drug-likeness (QED) is 0.165. The van der Waals surface area contributed by atoms with Gasteiger partial charge in [-0.05, 0) is 150 Å². The summed E-state index contributed by atoms with van der Waals surface area (Å²) in [4.78, 5) is 5.12. The summed E-state index contributed by atoms with van der Waals surface area (Å²) in [7, 11) is 0. The Balaban J connectivity index is 1.23. The number of nitrogens with zero attached hydrogens (tertiary/aromatic N) is 2. The molecule has 0 atom stereocenters. The normalized spacial score (nSPS) is 15.3. The van der Waals surface area contributed by atoms with Gasteiger partial charge in [0.15, 0.2) is 0 Å². The molecule has 0 radical (unpaired) electrons. The molecule has 59 heavy (non-hydrogen) atoms. The summed E-state index contributed by atoms with van der Waals surface area (Å²) < 4.78 is 0. The molecule has 0 saturated heterocycles. The van der Waals surface area contributed by atoms with Gasteiger partial charge in [0.2, 0.25) is 0 Å². The molecule has 9 aromatic rings. The number of aryl methyl sites for hydroxylation is 2. The maximum absolute atomic E-state index is 2.56. The van der Waals surface area contributed by atoms with Crippen LogP contribution in [-0.4, -0.2) is 13.1 Å². The summed E-state index contributed by atoms with van der Waals surface area (Å²) in [5.41, 5.74) is 18.7.